The van der Waals surface area contributed by atoms with Crippen molar-refractivity contribution in [3.63, 3.8) is 0 Å². The van der Waals surface area contributed by atoms with Crippen LogP contribution in [0.4, 0.5) is 4.39 Å². The van der Waals surface area contributed by atoms with Gasteiger partial charge in [-0.25, -0.2) is 4.39 Å². The predicted octanol–water partition coefficient (Wildman–Crippen LogP) is 1.08. The molecule has 0 bridgehead atoms. The summed E-state index contributed by atoms with van der Waals surface area (Å²) in [6.45, 7) is 2.60. The van der Waals surface area contributed by atoms with E-state index < -0.39 is 5.82 Å². The number of methoxy groups -OCH3 is 1. The maximum absolute atomic E-state index is 14.1. The number of carbonyl (C=O) groups is 1. The van der Waals surface area contributed by atoms with Crippen molar-refractivity contribution in [2.75, 3.05) is 20.3 Å². The van der Waals surface area contributed by atoms with Crippen LogP contribution in [-0.4, -0.2) is 46.3 Å². The predicted molar refractivity (Wildman–Crippen MR) is 84.8 cm³/mol. The fraction of sp³-hybridized carbons (Fsp3) is 0.467. The highest BCUT2D eigenvalue weighted by molar-refractivity contribution is 6.11. The number of amides is 1. The Labute approximate surface area is 135 Å². The molecule has 2 N–H and O–H groups in total. The van der Waals surface area contributed by atoms with Crippen molar-refractivity contribution in [3.8, 4) is 0 Å². The van der Waals surface area contributed by atoms with Gasteiger partial charge in [0.15, 0.2) is 0 Å². The summed E-state index contributed by atoms with van der Waals surface area (Å²) >= 11 is 0. The first kappa shape index (κ1) is 17.3. The molecule has 1 unspecified atom stereocenters. The molecule has 1 aromatic carbocycles. The quantitative estimate of drug-likeness (QED) is 0.797. The van der Waals surface area contributed by atoms with E-state index in [0.717, 1.165) is 0 Å². The molecule has 6 nitrogen and oxygen atoms in total. The van der Waals surface area contributed by atoms with Crippen LogP contribution in [0.5, 0.6) is 0 Å². The lowest BCUT2D eigenvalue weighted by Crippen LogP contribution is -2.38. The summed E-state index contributed by atoms with van der Waals surface area (Å²) in [7, 11) is 6.74. The van der Waals surface area contributed by atoms with E-state index in [2.05, 4.69) is 15.5 Å². The van der Waals surface area contributed by atoms with E-state index in [9.17, 15) is 9.18 Å². The number of halogens is 1. The van der Waals surface area contributed by atoms with Gasteiger partial charge in [-0.3, -0.25) is 4.79 Å². The Morgan fingerprint density at radius 1 is 1.65 bits per heavy atom. The number of benzene rings is 1. The van der Waals surface area contributed by atoms with E-state index in [1.807, 2.05) is 6.92 Å². The molecule has 2 rings (SSSR count). The van der Waals surface area contributed by atoms with Crippen molar-refractivity contribution < 1.29 is 18.7 Å². The molecule has 1 amide bonds. The molecule has 1 saturated heterocycles. The molecule has 122 valence electrons. The highest BCUT2D eigenvalue weighted by atomic mass is 19.1. The van der Waals surface area contributed by atoms with Crippen molar-refractivity contribution in [1.29, 1.82) is 0 Å². The van der Waals surface area contributed by atoms with E-state index in [1.165, 1.54) is 18.2 Å². The van der Waals surface area contributed by atoms with Crippen LogP contribution in [0.25, 0.3) is 0 Å². The van der Waals surface area contributed by atoms with Gasteiger partial charge in [0.2, 0.25) is 0 Å². The van der Waals surface area contributed by atoms with Crippen LogP contribution >= 0.6 is 0 Å². The standard InChI is InChI=1S/C15H19BFN3O3/c1-9(8-22-2)18-14(21)10-3-4-12(17)11(7-10)13-5-6-23-15(19-13)20-16/h3-4,7,9,13H,5-6,8H2,1-2H3,(H,18,21)(H,19,20)/t9-,13?/m0/s1. The van der Waals surface area contributed by atoms with Gasteiger partial charge in [0, 0.05) is 30.7 Å². The number of carbonyl (C=O) groups excluding carboxylic acids is 1. The van der Waals surface area contributed by atoms with E-state index >= 15 is 0 Å². The first-order valence-electron chi connectivity index (χ1n) is 7.31. The maximum atomic E-state index is 14.1. The molecular weight excluding hydrogens is 300 g/mol. The second kappa shape index (κ2) is 7.96. The van der Waals surface area contributed by atoms with E-state index in [0.29, 0.717) is 30.8 Å². The Bertz CT molecular complexity index is 597. The molecule has 23 heavy (non-hydrogen) atoms. The van der Waals surface area contributed by atoms with Crippen molar-refractivity contribution in [3.05, 3.63) is 35.1 Å². The third kappa shape index (κ3) is 4.45. The van der Waals surface area contributed by atoms with Crippen molar-refractivity contribution in [2.45, 2.75) is 25.4 Å². The number of nitrogens with one attached hydrogen (secondary N) is 2. The van der Waals surface area contributed by atoms with E-state index in [4.69, 9.17) is 17.5 Å². The highest BCUT2D eigenvalue weighted by Crippen LogP contribution is 2.24. The van der Waals surface area contributed by atoms with Gasteiger partial charge >= 0.3 is 0 Å². The molecule has 1 aliphatic rings. The van der Waals surface area contributed by atoms with Crippen LogP contribution in [0.15, 0.2) is 23.1 Å². The van der Waals surface area contributed by atoms with Crippen LogP contribution < -0.4 is 10.6 Å². The number of nitrogens with zero attached hydrogens (tertiary/aromatic N) is 1. The van der Waals surface area contributed by atoms with Crippen molar-refractivity contribution in [1.82, 2.24) is 10.6 Å². The molecular formula is C15H19BFN3O3. The zero-order valence-corrected chi connectivity index (χ0v) is 13.1. The van der Waals surface area contributed by atoms with Crippen LogP contribution in [-0.2, 0) is 9.47 Å². The number of amidine groups is 1. The van der Waals surface area contributed by atoms with Crippen molar-refractivity contribution >= 4 is 19.9 Å². The second-order valence-corrected chi connectivity index (χ2v) is 5.33. The van der Waals surface area contributed by atoms with Crippen LogP contribution in [0, 0.1) is 5.82 Å². The molecule has 0 aliphatic carbocycles. The van der Waals surface area contributed by atoms with Crippen molar-refractivity contribution in [2.24, 2.45) is 4.90 Å². The molecule has 2 atom stereocenters. The topological polar surface area (TPSA) is 72.0 Å². The highest BCUT2D eigenvalue weighted by Gasteiger charge is 2.23. The fourth-order valence-corrected chi connectivity index (χ4v) is 2.39. The van der Waals surface area contributed by atoms with Gasteiger partial charge in [0.1, 0.15) is 5.82 Å². The average Bonchev–Trinajstić information content (AvgIpc) is 2.55. The summed E-state index contributed by atoms with van der Waals surface area (Å²) in [5, 5.41) is 5.69. The van der Waals surface area contributed by atoms with Gasteiger partial charge in [0.25, 0.3) is 19.9 Å². The van der Waals surface area contributed by atoms with E-state index in [-0.39, 0.29) is 24.0 Å². The van der Waals surface area contributed by atoms with Gasteiger partial charge in [-0.2, -0.15) is 0 Å². The van der Waals surface area contributed by atoms with Gasteiger partial charge in [-0.1, -0.05) is 0 Å². The zero-order valence-electron chi connectivity index (χ0n) is 13.1. The Morgan fingerprint density at radius 2 is 2.43 bits per heavy atom. The minimum atomic E-state index is -0.401. The molecule has 0 aromatic heterocycles. The smallest absolute Gasteiger partial charge is 0.269 e. The lowest BCUT2D eigenvalue weighted by Gasteiger charge is -2.27. The largest absolute Gasteiger partial charge is 0.466 e. The normalized spacial score (nSPS) is 20.5. The summed E-state index contributed by atoms with van der Waals surface area (Å²) in [6.07, 6.45) is 0.543. The van der Waals surface area contributed by atoms with Crippen LogP contribution in [0.1, 0.15) is 35.3 Å². The molecule has 0 spiro atoms. The Morgan fingerprint density at radius 3 is 3.13 bits per heavy atom. The second-order valence-electron chi connectivity index (χ2n) is 5.33. The lowest BCUT2D eigenvalue weighted by molar-refractivity contribution is 0.0905. The molecule has 1 heterocycles. The van der Waals surface area contributed by atoms with Gasteiger partial charge in [-0.15, -0.1) is 0 Å². The SMILES string of the molecule is [B]N=C1NC(c2cc(C(=O)N[C@@H](C)COC)ccc2F)CCO1. The first-order valence-corrected chi connectivity index (χ1v) is 7.31. The minimum absolute atomic E-state index is 0.141. The fourth-order valence-electron chi connectivity index (χ4n) is 2.39. The number of hydrogen-bond donors (Lipinski definition) is 2. The Hall–Kier alpha value is -2.09. The minimum Gasteiger partial charge on any atom is -0.466 e. The van der Waals surface area contributed by atoms with E-state index in [1.54, 1.807) is 7.11 Å². The first-order chi connectivity index (χ1) is 11.0. The Kier molecular flexibility index (Phi) is 5.98. The molecule has 0 saturated carbocycles. The molecule has 1 aromatic rings. The molecule has 2 radical (unpaired) electrons. The monoisotopic (exact) mass is 319 g/mol. The van der Waals surface area contributed by atoms with Crippen LogP contribution in [0.3, 0.4) is 0 Å². The summed E-state index contributed by atoms with van der Waals surface area (Å²) in [5.74, 6) is -0.683. The third-order valence-electron chi connectivity index (χ3n) is 3.49. The number of hydrogen-bond acceptors (Lipinski definition) is 4. The number of rotatable bonds is 5. The summed E-state index contributed by atoms with van der Waals surface area (Å²) in [6, 6.07) is 3.92. The Balaban J connectivity index is 2.17. The van der Waals surface area contributed by atoms with Gasteiger partial charge in [-0.05, 0) is 25.1 Å². The van der Waals surface area contributed by atoms with Gasteiger partial charge < -0.3 is 25.0 Å². The summed E-state index contributed by atoms with van der Waals surface area (Å²) in [4.78, 5) is 15.7. The summed E-state index contributed by atoms with van der Waals surface area (Å²) < 4.78 is 24.3. The lowest BCUT2D eigenvalue weighted by atomic mass is 10.00. The third-order valence-corrected chi connectivity index (χ3v) is 3.49. The summed E-state index contributed by atoms with van der Waals surface area (Å²) in [5.41, 5.74) is 0.755. The molecule has 1 fully saturated rings. The maximum Gasteiger partial charge on any atom is 0.269 e. The zero-order chi connectivity index (χ0) is 16.8. The average molecular weight is 319 g/mol. The van der Waals surface area contributed by atoms with Crippen LogP contribution in [0.2, 0.25) is 0 Å². The van der Waals surface area contributed by atoms with Gasteiger partial charge in [0.05, 0.1) is 19.3 Å². The molecule has 8 heteroatoms. The molecule has 1 aliphatic heterocycles. The number of ether oxygens (including phenoxy) is 2.